The first kappa shape index (κ1) is 13.5. The van der Waals surface area contributed by atoms with Gasteiger partial charge in [-0.25, -0.2) is 9.97 Å². The number of thiazole rings is 1. The highest BCUT2D eigenvalue weighted by Gasteiger charge is 2.13. The largest absolute Gasteiger partial charge is 0.347 e. The number of H-pyrrole nitrogens is 1. The number of hydrogen-bond donors (Lipinski definition) is 2. The Balaban J connectivity index is 1.85. The van der Waals surface area contributed by atoms with Crippen molar-refractivity contribution in [1.82, 2.24) is 15.0 Å². The second-order valence-electron chi connectivity index (χ2n) is 4.72. The van der Waals surface area contributed by atoms with E-state index >= 15 is 0 Å². The van der Waals surface area contributed by atoms with Crippen LogP contribution in [0.15, 0.2) is 24.4 Å². The fourth-order valence-electron chi connectivity index (χ4n) is 2.02. The molecule has 0 fully saturated rings. The predicted molar refractivity (Wildman–Crippen MR) is 81.6 cm³/mol. The Morgan fingerprint density at radius 1 is 1.48 bits per heavy atom. The quantitative estimate of drug-likeness (QED) is 0.568. The van der Waals surface area contributed by atoms with Gasteiger partial charge in [0.05, 0.1) is 22.0 Å². The maximum atomic E-state index is 10.8. The second kappa shape index (κ2) is 5.13. The summed E-state index contributed by atoms with van der Waals surface area (Å²) in [6, 6.07) is 4.57. The van der Waals surface area contributed by atoms with Gasteiger partial charge in [0.15, 0.2) is 0 Å². The number of hydrogen-bond acceptors (Lipinski definition) is 6. The Labute approximate surface area is 124 Å². The summed E-state index contributed by atoms with van der Waals surface area (Å²) in [5, 5.41) is 15.0. The van der Waals surface area contributed by atoms with E-state index in [1.807, 2.05) is 20.0 Å². The molecule has 0 aliphatic heterocycles. The normalized spacial score (nSPS) is 12.5. The zero-order valence-electron chi connectivity index (χ0n) is 11.5. The second-order valence-corrected chi connectivity index (χ2v) is 5.99. The lowest BCUT2D eigenvalue weighted by atomic mass is 10.3. The van der Waals surface area contributed by atoms with Crippen molar-refractivity contribution in [3.63, 3.8) is 0 Å². The molecular formula is C13H13N5O2S. The Bertz CT molecular complexity index is 810. The number of aromatic amines is 1. The Hall–Kier alpha value is -2.48. The third kappa shape index (κ3) is 2.70. The lowest BCUT2D eigenvalue weighted by Gasteiger charge is -2.09. The summed E-state index contributed by atoms with van der Waals surface area (Å²) in [6.07, 6.45) is 1.83. The van der Waals surface area contributed by atoms with Gasteiger partial charge in [0, 0.05) is 23.2 Å². The molecule has 2 heterocycles. The standard InChI is InChI=1S/C13H13N5O2S/c1-7-6-14-12(21-7)8(2)15-13-16-10-4-3-9(18(19)20)5-11(10)17-13/h3-6,8H,1-2H3,(H2,15,16,17). The molecule has 0 radical (unpaired) electrons. The number of nitro groups is 1. The molecule has 0 aliphatic carbocycles. The highest BCUT2D eigenvalue weighted by Crippen LogP contribution is 2.25. The topological polar surface area (TPSA) is 96.7 Å². The van der Waals surface area contributed by atoms with Crippen LogP contribution in [0.2, 0.25) is 0 Å². The third-order valence-electron chi connectivity index (χ3n) is 3.04. The van der Waals surface area contributed by atoms with Crippen molar-refractivity contribution in [2.24, 2.45) is 0 Å². The summed E-state index contributed by atoms with van der Waals surface area (Å²) in [5.41, 5.74) is 1.36. The molecule has 21 heavy (non-hydrogen) atoms. The van der Waals surface area contributed by atoms with Gasteiger partial charge in [0.25, 0.3) is 5.69 Å². The van der Waals surface area contributed by atoms with Crippen LogP contribution in [-0.4, -0.2) is 19.9 Å². The van der Waals surface area contributed by atoms with Crippen LogP contribution >= 0.6 is 11.3 Å². The Morgan fingerprint density at radius 2 is 2.29 bits per heavy atom. The first-order chi connectivity index (χ1) is 10.0. The van der Waals surface area contributed by atoms with Gasteiger partial charge in [0.2, 0.25) is 5.95 Å². The molecule has 0 spiro atoms. The number of nitro benzene ring substituents is 1. The smallest absolute Gasteiger partial charge is 0.271 e. The molecule has 8 heteroatoms. The minimum absolute atomic E-state index is 0.0132. The van der Waals surface area contributed by atoms with Gasteiger partial charge in [-0.15, -0.1) is 11.3 Å². The molecule has 1 unspecified atom stereocenters. The number of anilines is 1. The van der Waals surface area contributed by atoms with Gasteiger partial charge in [-0.1, -0.05) is 0 Å². The van der Waals surface area contributed by atoms with E-state index in [-0.39, 0.29) is 11.7 Å². The van der Waals surface area contributed by atoms with Crippen molar-refractivity contribution in [2.75, 3.05) is 5.32 Å². The number of aromatic nitrogens is 3. The first-order valence-electron chi connectivity index (χ1n) is 6.36. The maximum Gasteiger partial charge on any atom is 0.271 e. The van der Waals surface area contributed by atoms with Crippen LogP contribution in [0.25, 0.3) is 11.0 Å². The van der Waals surface area contributed by atoms with Gasteiger partial charge in [0.1, 0.15) is 5.01 Å². The van der Waals surface area contributed by atoms with Crippen molar-refractivity contribution in [1.29, 1.82) is 0 Å². The number of rotatable bonds is 4. The first-order valence-corrected chi connectivity index (χ1v) is 7.17. The highest BCUT2D eigenvalue weighted by atomic mass is 32.1. The van der Waals surface area contributed by atoms with Gasteiger partial charge in [-0.05, 0) is 19.9 Å². The average molecular weight is 303 g/mol. The van der Waals surface area contributed by atoms with Gasteiger partial charge >= 0.3 is 0 Å². The summed E-state index contributed by atoms with van der Waals surface area (Å²) < 4.78 is 0. The van der Waals surface area contributed by atoms with E-state index in [4.69, 9.17) is 0 Å². The summed E-state index contributed by atoms with van der Waals surface area (Å²) in [7, 11) is 0. The van der Waals surface area contributed by atoms with Crippen LogP contribution < -0.4 is 5.32 Å². The van der Waals surface area contributed by atoms with Crippen molar-refractivity contribution >= 4 is 34.0 Å². The Morgan fingerprint density at radius 3 is 2.95 bits per heavy atom. The van der Waals surface area contributed by atoms with E-state index < -0.39 is 4.92 Å². The average Bonchev–Trinajstić information content (AvgIpc) is 3.03. The molecule has 0 saturated heterocycles. The van der Waals surface area contributed by atoms with Crippen molar-refractivity contribution in [3.05, 3.63) is 44.4 Å². The molecule has 2 N–H and O–H groups in total. The van der Waals surface area contributed by atoms with Gasteiger partial charge in [-0.3, -0.25) is 10.1 Å². The fourth-order valence-corrected chi connectivity index (χ4v) is 2.80. The highest BCUT2D eigenvalue weighted by molar-refractivity contribution is 7.11. The number of imidazole rings is 1. The fraction of sp³-hybridized carbons (Fsp3) is 0.231. The predicted octanol–water partition coefficient (Wildman–Crippen LogP) is 3.41. The number of fused-ring (bicyclic) bond motifs is 1. The van der Waals surface area contributed by atoms with Gasteiger partial charge in [-0.2, -0.15) is 0 Å². The molecule has 0 aliphatic rings. The van der Waals surface area contributed by atoms with E-state index in [0.29, 0.717) is 17.0 Å². The number of benzene rings is 1. The zero-order chi connectivity index (χ0) is 15.0. The SMILES string of the molecule is Cc1cnc(C(C)Nc2nc3ccc([N+](=O)[O-])cc3[nH]2)s1. The molecule has 2 aromatic heterocycles. The molecule has 1 atom stereocenters. The third-order valence-corrected chi connectivity index (χ3v) is 4.13. The number of non-ortho nitro benzene ring substituents is 1. The monoisotopic (exact) mass is 303 g/mol. The molecular weight excluding hydrogens is 290 g/mol. The van der Waals surface area contributed by atoms with Crippen molar-refractivity contribution in [2.45, 2.75) is 19.9 Å². The minimum atomic E-state index is -0.422. The van der Waals surface area contributed by atoms with Crippen LogP contribution in [0, 0.1) is 17.0 Å². The molecule has 3 rings (SSSR count). The van der Waals surface area contributed by atoms with Crippen molar-refractivity contribution < 1.29 is 4.92 Å². The molecule has 0 saturated carbocycles. The molecule has 0 amide bonds. The van der Waals surface area contributed by atoms with Crippen LogP contribution in [0.5, 0.6) is 0 Å². The maximum absolute atomic E-state index is 10.8. The summed E-state index contributed by atoms with van der Waals surface area (Å²) in [6.45, 7) is 4.00. The number of nitrogens with zero attached hydrogens (tertiary/aromatic N) is 3. The van der Waals surface area contributed by atoms with Crippen molar-refractivity contribution in [3.8, 4) is 0 Å². The lowest BCUT2D eigenvalue weighted by Crippen LogP contribution is -2.07. The lowest BCUT2D eigenvalue weighted by molar-refractivity contribution is -0.384. The molecule has 0 bridgehead atoms. The number of nitrogens with one attached hydrogen (secondary N) is 2. The van der Waals surface area contributed by atoms with E-state index in [2.05, 4.69) is 20.3 Å². The van der Waals surface area contributed by atoms with Crippen LogP contribution in [0.3, 0.4) is 0 Å². The van der Waals surface area contributed by atoms with E-state index in [0.717, 1.165) is 9.88 Å². The zero-order valence-corrected chi connectivity index (χ0v) is 12.3. The molecule has 7 nitrogen and oxygen atoms in total. The summed E-state index contributed by atoms with van der Waals surface area (Å²) >= 11 is 1.62. The van der Waals surface area contributed by atoms with E-state index in [9.17, 15) is 10.1 Å². The molecule has 1 aromatic carbocycles. The Kier molecular flexibility index (Phi) is 3.30. The number of aryl methyl sites for hydroxylation is 1. The van der Waals surface area contributed by atoms with Crippen LogP contribution in [0.4, 0.5) is 11.6 Å². The van der Waals surface area contributed by atoms with E-state index in [1.54, 1.807) is 17.4 Å². The summed E-state index contributed by atoms with van der Waals surface area (Å²) in [4.78, 5) is 23.2. The van der Waals surface area contributed by atoms with Crippen LogP contribution in [0.1, 0.15) is 22.9 Å². The van der Waals surface area contributed by atoms with E-state index in [1.165, 1.54) is 12.1 Å². The molecule has 108 valence electrons. The summed E-state index contributed by atoms with van der Waals surface area (Å²) in [5.74, 6) is 0.575. The van der Waals surface area contributed by atoms with Crippen LogP contribution in [-0.2, 0) is 0 Å². The van der Waals surface area contributed by atoms with Gasteiger partial charge < -0.3 is 10.3 Å². The minimum Gasteiger partial charge on any atom is -0.347 e. The molecule has 3 aromatic rings.